The van der Waals surface area contributed by atoms with Crippen molar-refractivity contribution in [3.63, 3.8) is 0 Å². The number of thioether (sulfide) groups is 1. The van der Waals surface area contributed by atoms with Crippen molar-refractivity contribution < 1.29 is 18.5 Å². The number of carbonyl (C=O) groups excluding carboxylic acids is 2. The van der Waals surface area contributed by atoms with Crippen LogP contribution in [0.25, 0.3) is 0 Å². The van der Waals surface area contributed by atoms with E-state index in [1.807, 2.05) is 6.07 Å². The minimum absolute atomic E-state index is 0.0353. The fourth-order valence-electron chi connectivity index (χ4n) is 2.56. The summed E-state index contributed by atoms with van der Waals surface area (Å²) in [5.74, 6) is 0.754. The van der Waals surface area contributed by atoms with Gasteiger partial charge in [0.05, 0.1) is 11.5 Å². The predicted molar refractivity (Wildman–Crippen MR) is 97.2 cm³/mol. The minimum atomic E-state index is -0.306. The number of halogens is 1. The van der Waals surface area contributed by atoms with Crippen LogP contribution in [0.5, 0.6) is 0 Å². The zero-order valence-corrected chi connectivity index (χ0v) is 15.2. The Morgan fingerprint density at radius 3 is 2.81 bits per heavy atom. The first-order valence-corrected chi connectivity index (χ1v) is 9.51. The Balaban J connectivity index is 1.46. The van der Waals surface area contributed by atoms with E-state index in [9.17, 15) is 14.0 Å². The topological polar surface area (TPSA) is 75.4 Å². The Labute approximate surface area is 155 Å². The van der Waals surface area contributed by atoms with Crippen molar-refractivity contribution in [3.05, 3.63) is 47.5 Å². The van der Waals surface area contributed by atoms with Gasteiger partial charge in [-0.05, 0) is 37.5 Å². The Kier molecular flexibility index (Phi) is 5.92. The van der Waals surface area contributed by atoms with Gasteiger partial charge < -0.3 is 14.7 Å². The van der Waals surface area contributed by atoms with Crippen molar-refractivity contribution in [1.82, 2.24) is 10.1 Å². The average molecular weight is 377 g/mol. The zero-order chi connectivity index (χ0) is 18.5. The molecule has 0 saturated heterocycles. The van der Waals surface area contributed by atoms with Gasteiger partial charge >= 0.3 is 0 Å². The SMILES string of the molecule is Cc1cc(NC(=O)CSCC(=O)N(Cc2cccc(F)c2)C2CC2)no1. The van der Waals surface area contributed by atoms with Gasteiger partial charge in [0.15, 0.2) is 5.82 Å². The van der Waals surface area contributed by atoms with Gasteiger partial charge in [0.25, 0.3) is 0 Å². The van der Waals surface area contributed by atoms with Crippen LogP contribution in [0.3, 0.4) is 0 Å². The fraction of sp³-hybridized carbons (Fsp3) is 0.389. The molecule has 2 aromatic rings. The van der Waals surface area contributed by atoms with Gasteiger partial charge in [-0.3, -0.25) is 9.59 Å². The largest absolute Gasteiger partial charge is 0.360 e. The smallest absolute Gasteiger partial charge is 0.235 e. The molecule has 0 spiro atoms. The molecule has 1 aromatic carbocycles. The maximum Gasteiger partial charge on any atom is 0.235 e. The maximum absolute atomic E-state index is 13.3. The first-order valence-electron chi connectivity index (χ1n) is 8.36. The van der Waals surface area contributed by atoms with E-state index in [1.165, 1.54) is 23.9 Å². The molecule has 138 valence electrons. The van der Waals surface area contributed by atoms with Crippen LogP contribution in [0.4, 0.5) is 10.2 Å². The Morgan fingerprint density at radius 2 is 2.15 bits per heavy atom. The van der Waals surface area contributed by atoms with Crippen molar-refractivity contribution in [2.75, 3.05) is 16.8 Å². The summed E-state index contributed by atoms with van der Waals surface area (Å²) in [7, 11) is 0. The van der Waals surface area contributed by atoms with Gasteiger partial charge in [0.2, 0.25) is 11.8 Å². The van der Waals surface area contributed by atoms with Crippen LogP contribution in [0.2, 0.25) is 0 Å². The number of carbonyl (C=O) groups is 2. The number of hydrogen-bond donors (Lipinski definition) is 1. The third kappa shape index (κ3) is 5.32. The molecule has 8 heteroatoms. The Morgan fingerprint density at radius 1 is 1.35 bits per heavy atom. The highest BCUT2D eigenvalue weighted by atomic mass is 32.2. The van der Waals surface area contributed by atoms with E-state index in [-0.39, 0.29) is 35.2 Å². The monoisotopic (exact) mass is 377 g/mol. The number of benzene rings is 1. The summed E-state index contributed by atoms with van der Waals surface area (Å²) < 4.78 is 18.2. The number of nitrogens with one attached hydrogen (secondary N) is 1. The van der Waals surface area contributed by atoms with Gasteiger partial charge in [-0.15, -0.1) is 11.8 Å². The first kappa shape index (κ1) is 18.4. The van der Waals surface area contributed by atoms with Crippen molar-refractivity contribution in [3.8, 4) is 0 Å². The van der Waals surface area contributed by atoms with E-state index >= 15 is 0 Å². The van der Waals surface area contributed by atoms with Crippen LogP contribution in [0.1, 0.15) is 24.2 Å². The molecule has 1 saturated carbocycles. The summed E-state index contributed by atoms with van der Waals surface area (Å²) in [6.07, 6.45) is 1.94. The molecule has 0 unspecified atom stereocenters. The second-order valence-electron chi connectivity index (χ2n) is 6.25. The normalized spacial score (nSPS) is 13.5. The third-order valence-corrected chi connectivity index (χ3v) is 4.82. The number of nitrogens with zero attached hydrogens (tertiary/aromatic N) is 2. The van der Waals surface area contributed by atoms with Crippen LogP contribution in [-0.2, 0) is 16.1 Å². The molecule has 0 atom stereocenters. The molecule has 1 aromatic heterocycles. The summed E-state index contributed by atoms with van der Waals surface area (Å²) >= 11 is 1.25. The molecule has 3 rings (SSSR count). The molecule has 6 nitrogen and oxygen atoms in total. The van der Waals surface area contributed by atoms with E-state index in [0.717, 1.165) is 18.4 Å². The number of aryl methyl sites for hydroxylation is 1. The first-order chi connectivity index (χ1) is 12.5. The van der Waals surface area contributed by atoms with Crippen molar-refractivity contribution >= 4 is 29.4 Å². The highest BCUT2D eigenvalue weighted by Gasteiger charge is 2.32. The van der Waals surface area contributed by atoms with E-state index in [4.69, 9.17) is 4.52 Å². The minimum Gasteiger partial charge on any atom is -0.360 e. The van der Waals surface area contributed by atoms with E-state index < -0.39 is 0 Å². The molecule has 1 heterocycles. The van der Waals surface area contributed by atoms with Gasteiger partial charge in [0, 0.05) is 18.7 Å². The van der Waals surface area contributed by atoms with Crippen LogP contribution in [-0.4, -0.2) is 39.4 Å². The molecule has 0 aliphatic heterocycles. The lowest BCUT2D eigenvalue weighted by atomic mass is 10.2. The third-order valence-electron chi connectivity index (χ3n) is 3.90. The van der Waals surface area contributed by atoms with Gasteiger partial charge in [-0.1, -0.05) is 17.3 Å². The molecule has 1 aliphatic carbocycles. The Bertz CT molecular complexity index is 791. The van der Waals surface area contributed by atoms with Crippen molar-refractivity contribution in [1.29, 1.82) is 0 Å². The Hall–Kier alpha value is -2.35. The molecular weight excluding hydrogens is 357 g/mol. The van der Waals surface area contributed by atoms with Crippen LogP contribution in [0.15, 0.2) is 34.9 Å². The lowest BCUT2D eigenvalue weighted by Gasteiger charge is -2.22. The lowest BCUT2D eigenvalue weighted by molar-refractivity contribution is -0.129. The number of amides is 2. The van der Waals surface area contributed by atoms with Crippen molar-refractivity contribution in [2.45, 2.75) is 32.4 Å². The molecule has 0 bridgehead atoms. The quantitative estimate of drug-likeness (QED) is 0.765. The molecule has 2 amide bonds. The second kappa shape index (κ2) is 8.35. The number of anilines is 1. The summed E-state index contributed by atoms with van der Waals surface area (Å²) in [6, 6.07) is 8.14. The van der Waals surface area contributed by atoms with Gasteiger partial charge in [0.1, 0.15) is 11.6 Å². The lowest BCUT2D eigenvalue weighted by Crippen LogP contribution is -2.34. The van der Waals surface area contributed by atoms with Crippen LogP contribution >= 0.6 is 11.8 Å². The summed E-state index contributed by atoms with van der Waals surface area (Å²) in [4.78, 5) is 26.2. The molecule has 1 N–H and O–H groups in total. The number of aromatic nitrogens is 1. The highest BCUT2D eigenvalue weighted by Crippen LogP contribution is 2.29. The molecule has 0 radical (unpaired) electrons. The second-order valence-corrected chi connectivity index (χ2v) is 7.23. The van der Waals surface area contributed by atoms with Gasteiger partial charge in [-0.25, -0.2) is 4.39 Å². The summed E-state index contributed by atoms with van der Waals surface area (Å²) in [6.45, 7) is 2.13. The van der Waals surface area contributed by atoms with Crippen LogP contribution < -0.4 is 5.32 Å². The average Bonchev–Trinajstić information content (AvgIpc) is 3.35. The molecular formula is C18H20FN3O3S. The van der Waals surface area contributed by atoms with E-state index in [2.05, 4.69) is 10.5 Å². The fourth-order valence-corrected chi connectivity index (χ4v) is 3.26. The van der Waals surface area contributed by atoms with E-state index in [0.29, 0.717) is 18.1 Å². The summed E-state index contributed by atoms with van der Waals surface area (Å²) in [5, 5.41) is 6.31. The predicted octanol–water partition coefficient (Wildman–Crippen LogP) is 2.99. The van der Waals surface area contributed by atoms with Gasteiger partial charge in [-0.2, -0.15) is 0 Å². The van der Waals surface area contributed by atoms with Crippen molar-refractivity contribution in [2.24, 2.45) is 0 Å². The summed E-state index contributed by atoms with van der Waals surface area (Å²) in [5.41, 5.74) is 0.773. The van der Waals surface area contributed by atoms with Crippen LogP contribution in [0, 0.1) is 12.7 Å². The molecule has 26 heavy (non-hydrogen) atoms. The number of rotatable bonds is 8. The number of hydrogen-bond acceptors (Lipinski definition) is 5. The highest BCUT2D eigenvalue weighted by molar-refractivity contribution is 8.00. The molecule has 1 aliphatic rings. The van der Waals surface area contributed by atoms with E-state index in [1.54, 1.807) is 24.0 Å². The zero-order valence-electron chi connectivity index (χ0n) is 14.4. The molecule has 1 fully saturated rings. The maximum atomic E-state index is 13.3. The standard InChI is InChI=1S/C18H20FN3O3S/c1-12-7-16(21-25-12)20-17(23)10-26-11-18(24)22(15-5-6-15)9-13-3-2-4-14(19)8-13/h2-4,7-8,15H,5-6,9-11H2,1H3,(H,20,21,23).